The molecule has 7 nitrogen and oxygen atoms in total. The van der Waals surface area contributed by atoms with E-state index in [1.165, 1.54) is 6.26 Å². The molecule has 8 heteroatoms. The second-order valence-corrected chi connectivity index (χ2v) is 6.71. The molecule has 1 N–H and O–H groups in total. The Kier molecular flexibility index (Phi) is 10.8. The van der Waals surface area contributed by atoms with Crippen molar-refractivity contribution in [2.45, 2.75) is 33.7 Å². The minimum Gasteiger partial charge on any atom is -0.459 e. The lowest BCUT2D eigenvalue weighted by atomic mass is 10.3. The fourth-order valence-corrected chi connectivity index (χ4v) is 3.17. The van der Waals surface area contributed by atoms with Crippen LogP contribution in [0.2, 0.25) is 0 Å². The van der Waals surface area contributed by atoms with E-state index in [4.69, 9.17) is 9.41 Å². The number of likely N-dealkylation sites (N-methyl/N-ethyl adjacent to an activating group) is 1. The van der Waals surface area contributed by atoms with Crippen molar-refractivity contribution >= 4 is 35.8 Å². The lowest BCUT2D eigenvalue weighted by Crippen LogP contribution is -2.53. The first-order valence-electron chi connectivity index (χ1n) is 9.66. The van der Waals surface area contributed by atoms with Crippen LogP contribution in [0.3, 0.4) is 0 Å². The summed E-state index contributed by atoms with van der Waals surface area (Å²) in [6.07, 6.45) is 1.54. The summed E-state index contributed by atoms with van der Waals surface area (Å²) in [5.74, 6) is 1.32. The molecular weight excluding hydrogens is 457 g/mol. The van der Waals surface area contributed by atoms with Gasteiger partial charge in [-0.3, -0.25) is 14.7 Å². The Hall–Kier alpha value is -1.29. The Bertz CT molecular complexity index is 569. The van der Waals surface area contributed by atoms with Crippen molar-refractivity contribution in [3.63, 3.8) is 0 Å². The van der Waals surface area contributed by atoms with E-state index in [-0.39, 0.29) is 29.9 Å². The molecule has 0 saturated carbocycles. The van der Waals surface area contributed by atoms with Crippen LogP contribution in [0.4, 0.5) is 0 Å². The highest BCUT2D eigenvalue weighted by Gasteiger charge is 2.25. The van der Waals surface area contributed by atoms with Gasteiger partial charge in [-0.15, -0.1) is 24.0 Å². The molecule has 0 spiro atoms. The molecule has 1 fully saturated rings. The highest BCUT2D eigenvalue weighted by atomic mass is 127. The van der Waals surface area contributed by atoms with Crippen LogP contribution in [-0.2, 0) is 0 Å². The highest BCUT2D eigenvalue weighted by Crippen LogP contribution is 2.09. The van der Waals surface area contributed by atoms with Crippen LogP contribution in [0, 0.1) is 0 Å². The molecule has 0 bridgehead atoms. The van der Waals surface area contributed by atoms with Crippen LogP contribution in [-0.4, -0.2) is 85.0 Å². The molecule has 0 aromatic carbocycles. The number of nitrogens with one attached hydrogen (secondary N) is 1. The number of carbonyl (C=O) groups excluding carboxylic acids is 1. The van der Waals surface area contributed by atoms with Crippen LogP contribution in [0.15, 0.2) is 27.8 Å². The number of hydrogen-bond acceptors (Lipinski definition) is 4. The summed E-state index contributed by atoms with van der Waals surface area (Å²) in [5, 5.41) is 3.38. The SMILES string of the molecule is CCNC(=NCCN(CC)C(C)C)N1CCN(C(=O)c2ccco2)CC1.I. The van der Waals surface area contributed by atoms with Gasteiger partial charge in [0.25, 0.3) is 5.91 Å². The zero-order valence-corrected chi connectivity index (χ0v) is 19.3. The second-order valence-electron chi connectivity index (χ2n) is 6.71. The van der Waals surface area contributed by atoms with E-state index in [1.54, 1.807) is 12.1 Å². The van der Waals surface area contributed by atoms with Crippen LogP contribution in [0.25, 0.3) is 0 Å². The van der Waals surface area contributed by atoms with Gasteiger partial charge in [0.05, 0.1) is 12.8 Å². The summed E-state index contributed by atoms with van der Waals surface area (Å²) in [4.78, 5) is 23.7. The van der Waals surface area contributed by atoms with Gasteiger partial charge in [-0.05, 0) is 39.4 Å². The Balaban J connectivity index is 0.00000364. The van der Waals surface area contributed by atoms with E-state index in [1.807, 2.05) is 4.90 Å². The molecule has 1 saturated heterocycles. The number of aliphatic imine (C=N–C) groups is 1. The van der Waals surface area contributed by atoms with Crippen LogP contribution < -0.4 is 5.32 Å². The normalized spacial score (nSPS) is 15.3. The average Bonchev–Trinajstić information content (AvgIpc) is 3.18. The first kappa shape index (κ1) is 23.7. The Labute approximate surface area is 180 Å². The van der Waals surface area contributed by atoms with Gasteiger partial charge in [-0.25, -0.2) is 0 Å². The summed E-state index contributed by atoms with van der Waals surface area (Å²) in [6, 6.07) is 4.00. The molecule has 0 radical (unpaired) electrons. The van der Waals surface area contributed by atoms with E-state index in [0.717, 1.165) is 45.2 Å². The molecule has 0 unspecified atom stereocenters. The maximum absolute atomic E-state index is 12.4. The van der Waals surface area contributed by atoms with Gasteiger partial charge >= 0.3 is 0 Å². The topological polar surface area (TPSA) is 64.3 Å². The van der Waals surface area contributed by atoms with Gasteiger partial charge in [0.2, 0.25) is 0 Å². The molecular formula is C19H34IN5O2. The molecule has 1 aromatic rings. The molecule has 1 aliphatic heterocycles. The number of rotatable bonds is 7. The molecule has 1 amide bonds. The minimum absolute atomic E-state index is 0. The zero-order valence-electron chi connectivity index (χ0n) is 17.0. The van der Waals surface area contributed by atoms with Crippen molar-refractivity contribution in [2.24, 2.45) is 4.99 Å². The third-order valence-corrected chi connectivity index (χ3v) is 4.72. The lowest BCUT2D eigenvalue weighted by molar-refractivity contribution is 0.0657. The van der Waals surface area contributed by atoms with Crippen molar-refractivity contribution in [1.82, 2.24) is 20.0 Å². The Morgan fingerprint density at radius 2 is 1.93 bits per heavy atom. The molecule has 2 rings (SSSR count). The summed E-state index contributed by atoms with van der Waals surface area (Å²) in [5.41, 5.74) is 0. The van der Waals surface area contributed by atoms with Crippen LogP contribution in [0.1, 0.15) is 38.2 Å². The number of carbonyl (C=O) groups is 1. The third-order valence-electron chi connectivity index (χ3n) is 4.72. The fraction of sp³-hybridized carbons (Fsp3) is 0.684. The van der Waals surface area contributed by atoms with Gasteiger partial charge in [0, 0.05) is 45.3 Å². The first-order chi connectivity index (χ1) is 12.6. The van der Waals surface area contributed by atoms with Gasteiger partial charge in [0.15, 0.2) is 11.7 Å². The maximum Gasteiger partial charge on any atom is 0.289 e. The zero-order chi connectivity index (χ0) is 18.9. The summed E-state index contributed by atoms with van der Waals surface area (Å²) in [6.45, 7) is 15.2. The lowest BCUT2D eigenvalue weighted by Gasteiger charge is -2.36. The number of halogens is 1. The van der Waals surface area contributed by atoms with Gasteiger partial charge in [-0.2, -0.15) is 0 Å². The predicted molar refractivity (Wildman–Crippen MR) is 120 cm³/mol. The standard InChI is InChI=1S/C19H33N5O2.HI/c1-5-20-19(21-9-10-22(6-2)16(3)4)24-13-11-23(12-14-24)18(25)17-8-7-15-26-17;/h7-8,15-16H,5-6,9-14H2,1-4H3,(H,20,21);1H. The number of piperazine rings is 1. The molecule has 1 aromatic heterocycles. The van der Waals surface area contributed by atoms with Crippen LogP contribution >= 0.6 is 24.0 Å². The van der Waals surface area contributed by atoms with Crippen molar-refractivity contribution in [2.75, 3.05) is 52.4 Å². The van der Waals surface area contributed by atoms with E-state index >= 15 is 0 Å². The number of amides is 1. The van der Waals surface area contributed by atoms with Crippen LogP contribution in [0.5, 0.6) is 0 Å². The maximum atomic E-state index is 12.4. The molecule has 27 heavy (non-hydrogen) atoms. The highest BCUT2D eigenvalue weighted by molar-refractivity contribution is 14.0. The summed E-state index contributed by atoms with van der Waals surface area (Å²) < 4.78 is 5.22. The number of nitrogens with zero attached hydrogens (tertiary/aromatic N) is 4. The van der Waals surface area contributed by atoms with E-state index in [9.17, 15) is 4.79 Å². The molecule has 1 aliphatic rings. The molecule has 0 atom stereocenters. The number of furan rings is 1. The van der Waals surface area contributed by atoms with Crippen molar-refractivity contribution in [3.8, 4) is 0 Å². The average molecular weight is 491 g/mol. The van der Waals surface area contributed by atoms with Crippen molar-refractivity contribution in [3.05, 3.63) is 24.2 Å². The number of guanidine groups is 1. The van der Waals surface area contributed by atoms with Gasteiger partial charge in [-0.1, -0.05) is 6.92 Å². The van der Waals surface area contributed by atoms with E-state index in [0.29, 0.717) is 24.9 Å². The predicted octanol–water partition coefficient (Wildman–Crippen LogP) is 2.35. The number of hydrogen-bond donors (Lipinski definition) is 1. The molecule has 0 aliphatic carbocycles. The van der Waals surface area contributed by atoms with E-state index < -0.39 is 0 Å². The first-order valence-corrected chi connectivity index (χ1v) is 9.66. The van der Waals surface area contributed by atoms with E-state index in [2.05, 4.69) is 42.8 Å². The van der Waals surface area contributed by atoms with Crippen molar-refractivity contribution in [1.29, 1.82) is 0 Å². The summed E-state index contributed by atoms with van der Waals surface area (Å²) in [7, 11) is 0. The summed E-state index contributed by atoms with van der Waals surface area (Å²) >= 11 is 0. The minimum atomic E-state index is -0.0351. The Morgan fingerprint density at radius 1 is 1.26 bits per heavy atom. The molecule has 154 valence electrons. The van der Waals surface area contributed by atoms with Crippen molar-refractivity contribution < 1.29 is 9.21 Å². The quantitative estimate of drug-likeness (QED) is 0.361. The third kappa shape index (κ3) is 6.99. The van der Waals surface area contributed by atoms with Gasteiger partial charge in [0.1, 0.15) is 0 Å². The smallest absolute Gasteiger partial charge is 0.289 e. The largest absolute Gasteiger partial charge is 0.459 e. The fourth-order valence-electron chi connectivity index (χ4n) is 3.17. The van der Waals surface area contributed by atoms with Gasteiger partial charge < -0.3 is 19.5 Å². The molecule has 2 heterocycles. The Morgan fingerprint density at radius 3 is 2.44 bits per heavy atom. The monoisotopic (exact) mass is 491 g/mol. The second kappa shape index (κ2) is 12.2.